The molecule has 138 valence electrons. The van der Waals surface area contributed by atoms with E-state index in [1.807, 2.05) is 43.4 Å². The standard InChI is InChI=1S/C20H16Cl2N2O2S/c1-23-18-6-4-3-5-15(18)16-12-14(8-9-19(16)23)24(2)27(25,26)20-10-7-13(21)11-17(20)22/h3-12H,1-2H3. The van der Waals surface area contributed by atoms with Gasteiger partial charge in [-0.2, -0.15) is 0 Å². The van der Waals surface area contributed by atoms with Crippen LogP contribution in [-0.2, 0) is 17.1 Å². The molecule has 0 bridgehead atoms. The SMILES string of the molecule is CN(c1ccc2c(c1)c1ccccc1n2C)S(=O)(=O)c1ccc(Cl)cc1Cl. The zero-order valence-electron chi connectivity index (χ0n) is 14.6. The van der Waals surface area contributed by atoms with Crippen LogP contribution in [0, 0.1) is 0 Å². The Morgan fingerprint density at radius 3 is 2.33 bits per heavy atom. The molecule has 4 rings (SSSR count). The maximum atomic E-state index is 13.1. The highest BCUT2D eigenvalue weighted by Gasteiger charge is 2.25. The number of aryl methyl sites for hydroxylation is 1. The molecule has 0 aliphatic carbocycles. The number of nitrogens with zero attached hydrogens (tertiary/aromatic N) is 2. The number of hydrogen-bond donors (Lipinski definition) is 0. The van der Waals surface area contributed by atoms with Gasteiger partial charge in [-0.15, -0.1) is 0 Å². The molecule has 0 aliphatic rings. The van der Waals surface area contributed by atoms with Gasteiger partial charge in [-0.1, -0.05) is 41.4 Å². The maximum Gasteiger partial charge on any atom is 0.265 e. The minimum atomic E-state index is -3.82. The average Bonchev–Trinajstić information content (AvgIpc) is 2.93. The number of para-hydroxylation sites is 1. The molecular weight excluding hydrogens is 403 g/mol. The summed E-state index contributed by atoms with van der Waals surface area (Å²) >= 11 is 12.0. The Bertz CT molecular complexity index is 1300. The van der Waals surface area contributed by atoms with E-state index in [1.165, 1.54) is 29.6 Å². The van der Waals surface area contributed by atoms with E-state index in [4.69, 9.17) is 23.2 Å². The summed E-state index contributed by atoms with van der Waals surface area (Å²) in [5.41, 5.74) is 2.69. The van der Waals surface area contributed by atoms with E-state index in [1.54, 1.807) is 6.07 Å². The number of fused-ring (bicyclic) bond motifs is 3. The third kappa shape index (κ3) is 2.87. The summed E-state index contributed by atoms with van der Waals surface area (Å²) in [4.78, 5) is 0.0223. The smallest absolute Gasteiger partial charge is 0.265 e. The Morgan fingerprint density at radius 1 is 0.889 bits per heavy atom. The molecule has 0 aliphatic heterocycles. The van der Waals surface area contributed by atoms with Gasteiger partial charge in [0.1, 0.15) is 4.90 Å². The van der Waals surface area contributed by atoms with Crippen LogP contribution in [0.15, 0.2) is 65.6 Å². The molecular formula is C20H16Cl2N2O2S. The van der Waals surface area contributed by atoms with Crippen molar-refractivity contribution in [2.24, 2.45) is 7.05 Å². The zero-order valence-corrected chi connectivity index (χ0v) is 17.0. The summed E-state index contributed by atoms with van der Waals surface area (Å²) in [6.45, 7) is 0. The molecule has 4 aromatic rings. The number of rotatable bonds is 3. The second kappa shape index (κ2) is 6.44. The van der Waals surface area contributed by atoms with Gasteiger partial charge in [0.2, 0.25) is 0 Å². The second-order valence-corrected chi connectivity index (χ2v) is 9.11. The molecule has 0 radical (unpaired) electrons. The van der Waals surface area contributed by atoms with Crippen LogP contribution < -0.4 is 4.31 Å². The van der Waals surface area contributed by atoms with Gasteiger partial charge in [0, 0.05) is 40.9 Å². The summed E-state index contributed by atoms with van der Waals surface area (Å²) in [6.07, 6.45) is 0. The molecule has 0 saturated heterocycles. The van der Waals surface area contributed by atoms with Crippen molar-refractivity contribution in [1.29, 1.82) is 0 Å². The lowest BCUT2D eigenvalue weighted by Gasteiger charge is -2.20. The first-order chi connectivity index (χ1) is 12.8. The van der Waals surface area contributed by atoms with Crippen LogP contribution in [0.25, 0.3) is 21.8 Å². The molecule has 0 spiro atoms. The molecule has 1 aromatic heterocycles. The van der Waals surface area contributed by atoms with Crippen LogP contribution >= 0.6 is 23.2 Å². The van der Waals surface area contributed by atoms with E-state index in [9.17, 15) is 8.42 Å². The molecule has 27 heavy (non-hydrogen) atoms. The molecule has 0 saturated carbocycles. The normalized spacial score (nSPS) is 12.0. The Labute approximate surface area is 167 Å². The van der Waals surface area contributed by atoms with Crippen LogP contribution in [0.2, 0.25) is 10.0 Å². The van der Waals surface area contributed by atoms with Gasteiger partial charge < -0.3 is 4.57 Å². The fourth-order valence-corrected chi connectivity index (χ4v) is 5.25. The molecule has 0 unspecified atom stereocenters. The van der Waals surface area contributed by atoms with Crippen LogP contribution in [-0.4, -0.2) is 20.0 Å². The minimum absolute atomic E-state index is 0.0223. The van der Waals surface area contributed by atoms with E-state index in [2.05, 4.69) is 4.57 Å². The lowest BCUT2D eigenvalue weighted by Crippen LogP contribution is -2.26. The average molecular weight is 419 g/mol. The Kier molecular flexibility index (Phi) is 4.34. The lowest BCUT2D eigenvalue weighted by molar-refractivity contribution is 0.594. The van der Waals surface area contributed by atoms with Crippen molar-refractivity contribution >= 4 is 60.7 Å². The molecule has 0 N–H and O–H groups in total. The van der Waals surface area contributed by atoms with E-state index in [-0.39, 0.29) is 9.92 Å². The fraction of sp³-hybridized carbons (Fsp3) is 0.100. The molecule has 1 heterocycles. The summed E-state index contributed by atoms with van der Waals surface area (Å²) in [6, 6.07) is 18.0. The number of anilines is 1. The van der Waals surface area contributed by atoms with Gasteiger partial charge >= 0.3 is 0 Å². The molecule has 7 heteroatoms. The van der Waals surface area contributed by atoms with Crippen molar-refractivity contribution in [2.45, 2.75) is 4.90 Å². The van der Waals surface area contributed by atoms with E-state index < -0.39 is 10.0 Å². The van der Waals surface area contributed by atoms with Crippen molar-refractivity contribution in [3.8, 4) is 0 Å². The Morgan fingerprint density at radius 2 is 1.59 bits per heavy atom. The van der Waals surface area contributed by atoms with Crippen LogP contribution in [0.5, 0.6) is 0 Å². The van der Waals surface area contributed by atoms with Crippen molar-refractivity contribution in [2.75, 3.05) is 11.4 Å². The molecule has 4 nitrogen and oxygen atoms in total. The topological polar surface area (TPSA) is 42.3 Å². The minimum Gasteiger partial charge on any atom is -0.344 e. The monoisotopic (exact) mass is 418 g/mol. The lowest BCUT2D eigenvalue weighted by atomic mass is 10.1. The predicted molar refractivity (Wildman–Crippen MR) is 112 cm³/mol. The van der Waals surface area contributed by atoms with E-state index >= 15 is 0 Å². The first-order valence-corrected chi connectivity index (χ1v) is 10.4. The van der Waals surface area contributed by atoms with Gasteiger partial charge in [-0.25, -0.2) is 8.42 Å². The van der Waals surface area contributed by atoms with Crippen molar-refractivity contribution in [1.82, 2.24) is 4.57 Å². The van der Waals surface area contributed by atoms with Crippen molar-refractivity contribution in [3.05, 3.63) is 70.7 Å². The first-order valence-electron chi connectivity index (χ1n) is 8.22. The van der Waals surface area contributed by atoms with E-state index in [0.29, 0.717) is 10.7 Å². The van der Waals surface area contributed by atoms with Crippen molar-refractivity contribution in [3.63, 3.8) is 0 Å². The summed E-state index contributed by atoms with van der Waals surface area (Å²) in [5.74, 6) is 0. The van der Waals surface area contributed by atoms with Crippen LogP contribution in [0.3, 0.4) is 0 Å². The molecule has 0 amide bonds. The summed E-state index contributed by atoms with van der Waals surface area (Å²) in [7, 11) is -0.300. The van der Waals surface area contributed by atoms with Gasteiger partial charge in [0.15, 0.2) is 0 Å². The van der Waals surface area contributed by atoms with Crippen molar-refractivity contribution < 1.29 is 8.42 Å². The molecule has 0 atom stereocenters. The second-order valence-electron chi connectivity index (χ2n) is 6.32. The largest absolute Gasteiger partial charge is 0.344 e. The summed E-state index contributed by atoms with van der Waals surface area (Å²) < 4.78 is 29.5. The first kappa shape index (κ1) is 18.2. The van der Waals surface area contributed by atoms with Gasteiger partial charge in [-0.05, 0) is 42.5 Å². The number of benzene rings is 3. The fourth-order valence-electron chi connectivity index (χ4n) is 3.32. The number of halogens is 2. The number of hydrogen-bond acceptors (Lipinski definition) is 2. The molecule has 0 fully saturated rings. The van der Waals surface area contributed by atoms with Crippen LogP contribution in [0.4, 0.5) is 5.69 Å². The molecule has 3 aromatic carbocycles. The highest BCUT2D eigenvalue weighted by molar-refractivity contribution is 7.93. The Balaban J connectivity index is 1.87. The van der Waals surface area contributed by atoms with Gasteiger partial charge in [-0.3, -0.25) is 4.31 Å². The number of aromatic nitrogens is 1. The van der Waals surface area contributed by atoms with E-state index in [0.717, 1.165) is 21.8 Å². The quantitative estimate of drug-likeness (QED) is 0.442. The maximum absolute atomic E-state index is 13.1. The van der Waals surface area contributed by atoms with Crippen LogP contribution in [0.1, 0.15) is 0 Å². The highest BCUT2D eigenvalue weighted by Crippen LogP contribution is 2.34. The third-order valence-corrected chi connectivity index (χ3v) is 7.30. The summed E-state index contributed by atoms with van der Waals surface area (Å²) in [5, 5.41) is 2.56. The van der Waals surface area contributed by atoms with Gasteiger partial charge in [0.05, 0.1) is 10.7 Å². The zero-order chi connectivity index (χ0) is 19.3. The highest BCUT2D eigenvalue weighted by atomic mass is 35.5. The number of sulfonamides is 1. The van der Waals surface area contributed by atoms with Gasteiger partial charge in [0.25, 0.3) is 10.0 Å². The third-order valence-electron chi connectivity index (χ3n) is 4.79. The Hall–Kier alpha value is -2.21. The predicted octanol–water partition coefficient (Wildman–Crippen LogP) is 5.46.